The van der Waals surface area contributed by atoms with Gasteiger partial charge in [0.05, 0.1) is 12.8 Å². The number of likely N-dealkylation sites (N-methyl/N-ethyl adjacent to an activating group) is 1. The van der Waals surface area contributed by atoms with Crippen molar-refractivity contribution >= 4 is 39.1 Å². The molecule has 1 aromatic heterocycles. The Morgan fingerprint density at radius 3 is 2.26 bits per heavy atom. The molecule has 2 aromatic rings. The molecule has 3 saturated heterocycles. The van der Waals surface area contributed by atoms with Gasteiger partial charge < -0.3 is 30.5 Å². The van der Waals surface area contributed by atoms with Crippen molar-refractivity contribution in [3.05, 3.63) is 48.3 Å². The van der Waals surface area contributed by atoms with Crippen molar-refractivity contribution in [2.75, 3.05) is 75.9 Å². The van der Waals surface area contributed by atoms with Crippen LogP contribution < -0.4 is 20.7 Å². The summed E-state index contributed by atoms with van der Waals surface area (Å²) in [7, 11) is -1.47. The molecule has 2 amide bonds. The fourth-order valence-corrected chi connectivity index (χ4v) is 5.92. The van der Waals surface area contributed by atoms with Crippen molar-refractivity contribution in [2.24, 2.45) is 5.73 Å². The molecule has 5 rings (SSSR count). The van der Waals surface area contributed by atoms with Gasteiger partial charge in [0.1, 0.15) is 11.8 Å². The van der Waals surface area contributed by atoms with Crippen LogP contribution >= 0.6 is 0 Å². The Balaban J connectivity index is 0.000000892. The molecule has 3 fully saturated rings. The summed E-state index contributed by atoms with van der Waals surface area (Å²) in [6, 6.07) is 8.83. The Kier molecular flexibility index (Phi) is 11.9. The number of rotatable bonds is 9. The average Bonchev–Trinajstić information content (AvgIpc) is 3.49. The van der Waals surface area contributed by atoms with E-state index in [4.69, 9.17) is 15.0 Å². The third kappa shape index (κ3) is 9.85. The highest BCUT2D eigenvalue weighted by atomic mass is 32.2. The number of amides is 2. The Morgan fingerprint density at radius 2 is 1.70 bits per heavy atom. The number of nitrogens with one attached hydrogen (secondary N) is 1. The fraction of sp³-hybridized carbons (Fsp3) is 0.548. The fourth-order valence-electron chi connectivity index (χ4n) is 5.92. The summed E-state index contributed by atoms with van der Waals surface area (Å²) in [6.45, 7) is 13.2. The molecule has 4 N–H and O–H groups in total. The zero-order valence-electron chi connectivity index (χ0n) is 26.9. The van der Waals surface area contributed by atoms with Crippen molar-refractivity contribution in [1.82, 2.24) is 24.7 Å². The largest absolute Gasteiger partial charge is 0.471 e. The second-order valence-electron chi connectivity index (χ2n) is 11.9. The van der Waals surface area contributed by atoms with E-state index < -0.39 is 16.0 Å². The molecule has 1 atom stereocenters. The normalized spacial score (nSPS) is 19.7. The second kappa shape index (κ2) is 15.7. The Bertz CT molecular complexity index is 1460. The highest BCUT2D eigenvalue weighted by Gasteiger charge is 2.29. The highest BCUT2D eigenvalue weighted by Crippen LogP contribution is 2.29. The van der Waals surface area contributed by atoms with Crippen LogP contribution in [0.2, 0.25) is 0 Å². The van der Waals surface area contributed by atoms with Gasteiger partial charge >= 0.3 is 0 Å². The molecule has 3 aliphatic heterocycles. The number of aromatic nitrogens is 2. The number of hydrogen-bond donors (Lipinski definition) is 3. The summed E-state index contributed by atoms with van der Waals surface area (Å²) in [4.78, 5) is 42.6. The Hall–Kier alpha value is -3.79. The number of carbonyl (C=O) groups is 2. The highest BCUT2D eigenvalue weighted by molar-refractivity contribution is 7.85. The van der Waals surface area contributed by atoms with Crippen molar-refractivity contribution < 1.29 is 27.3 Å². The van der Waals surface area contributed by atoms with Crippen molar-refractivity contribution in [3.63, 3.8) is 0 Å². The molecule has 46 heavy (non-hydrogen) atoms. The predicted octanol–water partition coefficient (Wildman–Crippen LogP) is 1.77. The minimum Gasteiger partial charge on any atom is -0.471 e. The quantitative estimate of drug-likeness (QED) is 0.264. The van der Waals surface area contributed by atoms with E-state index in [2.05, 4.69) is 55.7 Å². The van der Waals surface area contributed by atoms with E-state index >= 15 is 0 Å². The van der Waals surface area contributed by atoms with Crippen molar-refractivity contribution in [1.29, 1.82) is 0 Å². The number of nitrogens with zero attached hydrogens (tertiary/aromatic N) is 6. The molecule has 14 nitrogen and oxygen atoms in total. The van der Waals surface area contributed by atoms with Gasteiger partial charge in [-0.05, 0) is 56.7 Å². The third-order valence-corrected chi connectivity index (χ3v) is 8.42. The standard InChI is InChI=1S/C30H42N8O3.CH4O3S/c1-4-25-30(41-24-12-15-38(20-24)26(39)5-2)34-29(27(33-25)28(31)40)32-21-6-8-22(9-7-21)36-13-10-23(11-14-36)37-18-16-35(3)17-19-37;1-5(2,3)4/h5-9,23-24H,2,4,10-20H2,1,3H3,(H2,31,40)(H,32,34);1H3,(H,2,3,4)/t24-;/m1./s1. The van der Waals surface area contributed by atoms with Crippen LogP contribution in [-0.2, 0) is 21.3 Å². The van der Waals surface area contributed by atoms with Crippen molar-refractivity contribution in [3.8, 4) is 5.88 Å². The monoisotopic (exact) mass is 658 g/mol. The molecule has 0 aliphatic carbocycles. The van der Waals surface area contributed by atoms with E-state index in [1.165, 1.54) is 24.6 Å². The number of hydrogen-bond acceptors (Lipinski definition) is 11. The number of aryl methyl sites for hydroxylation is 1. The minimum absolute atomic E-state index is 0.0686. The number of piperidine rings is 1. The second-order valence-corrected chi connectivity index (χ2v) is 13.3. The maximum Gasteiger partial charge on any atom is 0.271 e. The maximum atomic E-state index is 12.3. The summed E-state index contributed by atoms with van der Waals surface area (Å²) in [5.74, 6) is -0.183. The number of primary amides is 1. The number of carbonyl (C=O) groups excluding carboxylic acids is 2. The van der Waals surface area contributed by atoms with Crippen LogP contribution in [0.15, 0.2) is 36.9 Å². The molecular weight excluding hydrogens is 612 g/mol. The first-order valence-electron chi connectivity index (χ1n) is 15.6. The number of piperazine rings is 1. The Labute approximate surface area is 271 Å². The lowest BCUT2D eigenvalue weighted by atomic mass is 10.0. The lowest BCUT2D eigenvalue weighted by Crippen LogP contribution is -2.52. The number of nitrogens with two attached hydrogens (primary N) is 1. The van der Waals surface area contributed by atoms with E-state index in [-0.39, 0.29) is 23.5 Å². The van der Waals surface area contributed by atoms with Gasteiger partial charge in [-0.3, -0.25) is 19.0 Å². The topological polar surface area (TPSA) is 175 Å². The molecule has 4 heterocycles. The summed E-state index contributed by atoms with van der Waals surface area (Å²) in [6.07, 6.45) is 5.36. The van der Waals surface area contributed by atoms with Gasteiger partial charge in [0.15, 0.2) is 11.5 Å². The van der Waals surface area contributed by atoms with E-state index in [1.54, 1.807) is 4.90 Å². The number of ether oxygens (including phenoxy) is 1. The third-order valence-electron chi connectivity index (χ3n) is 8.42. The van der Waals surface area contributed by atoms with Gasteiger partial charge in [0.25, 0.3) is 16.0 Å². The van der Waals surface area contributed by atoms with Gasteiger partial charge in [-0.25, -0.2) is 4.98 Å². The molecule has 0 bridgehead atoms. The van der Waals surface area contributed by atoms with Crippen LogP contribution in [0.1, 0.15) is 42.4 Å². The van der Waals surface area contributed by atoms with Gasteiger partial charge in [-0.1, -0.05) is 13.5 Å². The first-order valence-corrected chi connectivity index (χ1v) is 17.4. The number of benzene rings is 1. The van der Waals surface area contributed by atoms with Crippen LogP contribution in [0.5, 0.6) is 5.88 Å². The molecule has 252 valence electrons. The van der Waals surface area contributed by atoms with Crippen LogP contribution in [0.3, 0.4) is 0 Å². The molecule has 3 aliphatic rings. The Morgan fingerprint density at radius 1 is 1.07 bits per heavy atom. The van der Waals surface area contributed by atoms with E-state index in [1.807, 2.05) is 19.1 Å². The summed E-state index contributed by atoms with van der Waals surface area (Å²) in [5, 5.41) is 3.23. The lowest BCUT2D eigenvalue weighted by molar-refractivity contribution is -0.125. The van der Waals surface area contributed by atoms with Gasteiger partial charge in [-0.2, -0.15) is 13.4 Å². The van der Waals surface area contributed by atoms with Crippen LogP contribution in [-0.4, -0.2) is 127 Å². The number of likely N-dealkylation sites (tertiary alicyclic amines) is 1. The minimum atomic E-state index is -3.67. The molecule has 0 unspecified atom stereocenters. The van der Waals surface area contributed by atoms with Crippen LogP contribution in [0, 0.1) is 0 Å². The molecule has 15 heteroatoms. The maximum absolute atomic E-state index is 12.3. The lowest BCUT2D eigenvalue weighted by Gasteiger charge is -2.42. The van der Waals surface area contributed by atoms with Crippen molar-refractivity contribution in [2.45, 2.75) is 44.8 Å². The first-order chi connectivity index (χ1) is 21.8. The molecule has 0 saturated carbocycles. The zero-order valence-corrected chi connectivity index (χ0v) is 27.7. The smallest absolute Gasteiger partial charge is 0.271 e. The van der Waals surface area contributed by atoms with Gasteiger partial charge in [-0.15, -0.1) is 0 Å². The van der Waals surface area contributed by atoms with E-state index in [0.717, 1.165) is 45.0 Å². The summed E-state index contributed by atoms with van der Waals surface area (Å²) < 4.78 is 32.1. The van der Waals surface area contributed by atoms with E-state index in [9.17, 15) is 18.0 Å². The van der Waals surface area contributed by atoms with Gasteiger partial charge in [0.2, 0.25) is 11.8 Å². The molecule has 0 spiro atoms. The summed E-state index contributed by atoms with van der Waals surface area (Å²) in [5.41, 5.74) is 8.25. The molecule has 1 aromatic carbocycles. The predicted molar refractivity (Wildman–Crippen MR) is 177 cm³/mol. The first kappa shape index (κ1) is 35.1. The zero-order chi connectivity index (χ0) is 33.4. The SMILES string of the molecule is C=CC(=O)N1CC[C@@H](Oc2nc(Nc3ccc(N4CCC(N5CCN(C)CC5)CC4)cc3)c(C(N)=O)nc2CC)C1.CS(=O)(=O)O. The molecule has 0 radical (unpaired) electrons. The van der Waals surface area contributed by atoms with Gasteiger partial charge in [0, 0.05) is 69.7 Å². The van der Waals surface area contributed by atoms with Crippen LogP contribution in [0.4, 0.5) is 17.2 Å². The molecular formula is C31H46N8O6S. The average molecular weight is 659 g/mol. The van der Waals surface area contributed by atoms with Crippen LogP contribution in [0.25, 0.3) is 0 Å². The number of anilines is 3. The van der Waals surface area contributed by atoms with E-state index in [0.29, 0.717) is 49.8 Å². The summed E-state index contributed by atoms with van der Waals surface area (Å²) >= 11 is 0.